The second-order valence-corrected chi connectivity index (χ2v) is 6.66. The van der Waals surface area contributed by atoms with E-state index in [-0.39, 0.29) is 42.0 Å². The lowest BCUT2D eigenvalue weighted by molar-refractivity contribution is -0.129. The molecule has 0 saturated carbocycles. The molecule has 24 heavy (non-hydrogen) atoms. The summed E-state index contributed by atoms with van der Waals surface area (Å²) < 4.78 is 0. The van der Waals surface area contributed by atoms with Crippen molar-refractivity contribution in [3.63, 3.8) is 0 Å². The summed E-state index contributed by atoms with van der Waals surface area (Å²) in [6.45, 7) is 2.21. The Kier molecular flexibility index (Phi) is 5.43. The maximum absolute atomic E-state index is 12.4. The fraction of sp³-hybridized carbons (Fsp3) is 0.688. The number of carbonyl (C=O) groups excluding carboxylic acids is 2. The summed E-state index contributed by atoms with van der Waals surface area (Å²) >= 11 is 0. The van der Waals surface area contributed by atoms with Crippen LogP contribution in [0.5, 0.6) is 0 Å². The first-order valence-electron chi connectivity index (χ1n) is 8.62. The van der Waals surface area contributed by atoms with E-state index >= 15 is 0 Å². The van der Waals surface area contributed by atoms with Gasteiger partial charge in [-0.15, -0.1) is 24.0 Å². The number of aryl methyl sites for hydroxylation is 2. The number of nitrogens with zero attached hydrogens (tertiary/aromatic N) is 3. The van der Waals surface area contributed by atoms with Crippen LogP contribution in [0.15, 0.2) is 0 Å². The molecule has 3 heterocycles. The van der Waals surface area contributed by atoms with Crippen LogP contribution < -0.4 is 5.32 Å². The standard InChI is InChI=1S/C16H23N5O2.HI/c22-14(21-9-7-17-16(21)23)10-20-8-3-6-13(20)15-18-11-4-1-2-5-12(11)19-15;/h13H,1-10H2,(H,17,23)(H,18,19);1H. The van der Waals surface area contributed by atoms with E-state index in [9.17, 15) is 9.59 Å². The molecule has 3 amide bonds. The third kappa shape index (κ3) is 3.30. The number of halogens is 1. The van der Waals surface area contributed by atoms with Crippen molar-refractivity contribution < 1.29 is 9.59 Å². The molecule has 1 aliphatic carbocycles. The predicted molar refractivity (Wildman–Crippen MR) is 99.3 cm³/mol. The summed E-state index contributed by atoms with van der Waals surface area (Å²) in [7, 11) is 0. The number of rotatable bonds is 3. The van der Waals surface area contributed by atoms with Crippen molar-refractivity contribution in [2.24, 2.45) is 0 Å². The Bertz CT molecular complexity index is 608. The van der Waals surface area contributed by atoms with Crippen LogP contribution in [0, 0.1) is 0 Å². The molecule has 0 radical (unpaired) electrons. The quantitative estimate of drug-likeness (QED) is 0.693. The summed E-state index contributed by atoms with van der Waals surface area (Å²) in [6.07, 6.45) is 6.68. The van der Waals surface area contributed by atoms with Crippen LogP contribution in [-0.2, 0) is 17.6 Å². The number of urea groups is 1. The first-order chi connectivity index (χ1) is 11.2. The molecule has 0 bridgehead atoms. The molecule has 1 atom stereocenters. The van der Waals surface area contributed by atoms with Crippen LogP contribution in [-0.4, -0.2) is 57.9 Å². The summed E-state index contributed by atoms with van der Waals surface area (Å²) in [5, 5.41) is 2.68. The fourth-order valence-electron chi connectivity index (χ4n) is 3.93. The predicted octanol–water partition coefficient (Wildman–Crippen LogP) is 1.60. The minimum absolute atomic E-state index is 0. The van der Waals surface area contributed by atoms with Gasteiger partial charge in [-0.1, -0.05) is 0 Å². The minimum Gasteiger partial charge on any atom is -0.344 e. The molecule has 3 aliphatic rings. The van der Waals surface area contributed by atoms with Crippen LogP contribution in [0.25, 0.3) is 0 Å². The highest BCUT2D eigenvalue weighted by molar-refractivity contribution is 14.0. The fourth-order valence-corrected chi connectivity index (χ4v) is 3.93. The summed E-state index contributed by atoms with van der Waals surface area (Å²) in [6, 6.07) is -0.0885. The molecule has 1 unspecified atom stereocenters. The number of hydrogen-bond acceptors (Lipinski definition) is 4. The SMILES string of the molecule is I.O=C(CN1CCCC1c1nc2c([nH]1)CCCC2)N1CCNC1=O. The highest BCUT2D eigenvalue weighted by atomic mass is 127. The Balaban J connectivity index is 0.00000169. The number of fused-ring (bicyclic) bond motifs is 1. The van der Waals surface area contributed by atoms with Crippen LogP contribution in [0.2, 0.25) is 0 Å². The number of hydrogen-bond donors (Lipinski definition) is 2. The van der Waals surface area contributed by atoms with E-state index < -0.39 is 0 Å². The third-order valence-electron chi connectivity index (χ3n) is 5.15. The topological polar surface area (TPSA) is 81.3 Å². The smallest absolute Gasteiger partial charge is 0.324 e. The van der Waals surface area contributed by atoms with Crippen LogP contribution in [0.3, 0.4) is 0 Å². The number of amides is 3. The average molecular weight is 445 g/mol. The molecule has 8 heteroatoms. The van der Waals surface area contributed by atoms with Gasteiger partial charge in [0, 0.05) is 18.8 Å². The number of imidazole rings is 1. The third-order valence-corrected chi connectivity index (χ3v) is 5.15. The molecule has 0 spiro atoms. The number of imide groups is 1. The van der Waals surface area contributed by atoms with Crippen molar-refractivity contribution in [2.75, 3.05) is 26.2 Å². The van der Waals surface area contributed by atoms with Gasteiger partial charge in [-0.05, 0) is 45.1 Å². The molecule has 1 aromatic rings. The molecular weight excluding hydrogens is 421 g/mol. The Morgan fingerprint density at radius 1 is 1.21 bits per heavy atom. The van der Waals surface area contributed by atoms with Gasteiger partial charge in [0.25, 0.3) is 0 Å². The zero-order valence-corrected chi connectivity index (χ0v) is 16.0. The van der Waals surface area contributed by atoms with E-state index in [4.69, 9.17) is 4.98 Å². The second-order valence-electron chi connectivity index (χ2n) is 6.66. The first-order valence-corrected chi connectivity index (χ1v) is 8.62. The number of H-pyrrole nitrogens is 1. The monoisotopic (exact) mass is 445 g/mol. The van der Waals surface area contributed by atoms with Gasteiger partial charge in [0.15, 0.2) is 0 Å². The summed E-state index contributed by atoms with van der Waals surface area (Å²) in [5.74, 6) is 0.899. The van der Waals surface area contributed by atoms with E-state index in [2.05, 4.69) is 15.2 Å². The van der Waals surface area contributed by atoms with Crippen molar-refractivity contribution in [3.05, 3.63) is 17.2 Å². The molecule has 2 N–H and O–H groups in total. The van der Waals surface area contributed by atoms with Gasteiger partial charge in [0.2, 0.25) is 5.91 Å². The Morgan fingerprint density at radius 2 is 2.04 bits per heavy atom. The Labute approximate surface area is 158 Å². The molecule has 132 valence electrons. The van der Waals surface area contributed by atoms with Gasteiger partial charge in [0.05, 0.1) is 18.3 Å². The highest BCUT2D eigenvalue weighted by Crippen LogP contribution is 2.32. The van der Waals surface area contributed by atoms with Crippen LogP contribution >= 0.6 is 24.0 Å². The van der Waals surface area contributed by atoms with Gasteiger partial charge in [-0.3, -0.25) is 14.6 Å². The first kappa shape index (κ1) is 17.7. The molecule has 4 rings (SSSR count). The molecule has 2 saturated heterocycles. The molecule has 7 nitrogen and oxygen atoms in total. The van der Waals surface area contributed by atoms with E-state index in [0.717, 1.165) is 38.1 Å². The Morgan fingerprint density at radius 3 is 2.79 bits per heavy atom. The van der Waals surface area contributed by atoms with Crippen LogP contribution in [0.1, 0.15) is 48.9 Å². The lowest BCUT2D eigenvalue weighted by Crippen LogP contribution is -2.41. The van der Waals surface area contributed by atoms with Crippen molar-refractivity contribution in [2.45, 2.75) is 44.6 Å². The maximum atomic E-state index is 12.4. The number of aromatic nitrogens is 2. The number of carbonyl (C=O) groups is 2. The van der Waals surface area contributed by atoms with Crippen LogP contribution in [0.4, 0.5) is 4.79 Å². The number of aromatic amines is 1. The molecule has 2 aliphatic heterocycles. The molecule has 2 fully saturated rings. The van der Waals surface area contributed by atoms with Crippen molar-refractivity contribution in [3.8, 4) is 0 Å². The van der Waals surface area contributed by atoms with E-state index in [1.807, 2.05) is 0 Å². The van der Waals surface area contributed by atoms with Crippen molar-refractivity contribution in [1.29, 1.82) is 0 Å². The molecule has 1 aromatic heterocycles. The average Bonchev–Trinajstić information content (AvgIpc) is 3.24. The zero-order chi connectivity index (χ0) is 15.8. The molecular formula is C16H24IN5O2. The van der Waals surface area contributed by atoms with Gasteiger partial charge in [0.1, 0.15) is 5.82 Å². The second kappa shape index (κ2) is 7.38. The lowest BCUT2D eigenvalue weighted by atomic mass is 10.0. The van der Waals surface area contributed by atoms with Gasteiger partial charge < -0.3 is 10.3 Å². The van der Waals surface area contributed by atoms with Crippen molar-refractivity contribution >= 4 is 35.9 Å². The molecule has 0 aromatic carbocycles. The van der Waals surface area contributed by atoms with Gasteiger partial charge in [-0.2, -0.15) is 0 Å². The summed E-state index contributed by atoms with van der Waals surface area (Å²) in [4.78, 5) is 35.8. The largest absolute Gasteiger partial charge is 0.344 e. The number of likely N-dealkylation sites (tertiary alicyclic amines) is 1. The zero-order valence-electron chi connectivity index (χ0n) is 13.7. The maximum Gasteiger partial charge on any atom is 0.324 e. The highest BCUT2D eigenvalue weighted by Gasteiger charge is 2.34. The Hall–Kier alpha value is -1.16. The summed E-state index contributed by atoms with van der Waals surface area (Å²) in [5.41, 5.74) is 2.49. The van der Waals surface area contributed by atoms with E-state index in [0.29, 0.717) is 19.6 Å². The minimum atomic E-state index is -0.265. The van der Waals surface area contributed by atoms with Crippen molar-refractivity contribution in [1.82, 2.24) is 25.1 Å². The normalized spacial score (nSPS) is 23.8. The van der Waals surface area contributed by atoms with E-state index in [1.54, 1.807) is 0 Å². The van der Waals surface area contributed by atoms with E-state index in [1.165, 1.54) is 29.1 Å². The number of nitrogens with one attached hydrogen (secondary N) is 2. The van der Waals surface area contributed by atoms with Gasteiger partial charge in [-0.25, -0.2) is 9.78 Å². The lowest BCUT2D eigenvalue weighted by Gasteiger charge is -2.24. The van der Waals surface area contributed by atoms with Gasteiger partial charge >= 0.3 is 6.03 Å².